The number of aldehydes is 1. The molecule has 2 aromatic heterocycles. The zero-order valence-corrected chi connectivity index (χ0v) is 20.2. The number of fused-ring (bicyclic) bond motifs is 1. The van der Waals surface area contributed by atoms with Gasteiger partial charge in [0.2, 0.25) is 0 Å². The lowest BCUT2D eigenvalue weighted by Crippen LogP contribution is -2.34. The molecule has 2 aromatic carbocycles. The molecule has 10 nitrogen and oxygen atoms in total. The van der Waals surface area contributed by atoms with E-state index in [2.05, 4.69) is 15.4 Å². The van der Waals surface area contributed by atoms with E-state index in [0.29, 0.717) is 18.2 Å². The fourth-order valence-electron chi connectivity index (χ4n) is 3.83. The third kappa shape index (κ3) is 6.18. The minimum Gasteiger partial charge on any atom is -0.382 e. The van der Waals surface area contributed by atoms with Crippen LogP contribution in [0.25, 0.3) is 16.6 Å². The van der Waals surface area contributed by atoms with E-state index in [1.165, 1.54) is 24.3 Å². The van der Waals surface area contributed by atoms with Crippen LogP contribution in [0.5, 0.6) is 0 Å². The molecule has 0 aliphatic heterocycles. The molecule has 0 saturated carbocycles. The fraction of sp³-hybridized carbons (Fsp3) is 0.125. The Morgan fingerprint density at radius 3 is 2.29 bits per heavy atom. The van der Waals surface area contributed by atoms with Crippen LogP contribution in [0.3, 0.4) is 0 Å². The van der Waals surface area contributed by atoms with E-state index < -0.39 is 59.2 Å². The summed E-state index contributed by atoms with van der Waals surface area (Å²) < 4.78 is 91.9. The van der Waals surface area contributed by atoms with Crippen molar-refractivity contribution in [1.82, 2.24) is 19.9 Å². The molecule has 17 heteroatoms. The van der Waals surface area contributed by atoms with Crippen LogP contribution >= 0.6 is 0 Å². The lowest BCUT2D eigenvalue weighted by molar-refractivity contribution is -0.137. The first-order valence-electron chi connectivity index (χ1n) is 11.2. The van der Waals surface area contributed by atoms with Crippen molar-refractivity contribution in [3.8, 4) is 11.1 Å². The number of alkyl halides is 6. The van der Waals surface area contributed by atoms with E-state index in [-0.39, 0.29) is 34.4 Å². The van der Waals surface area contributed by atoms with Gasteiger partial charge in [-0.25, -0.2) is 18.7 Å². The maximum absolute atomic E-state index is 14.0. The average molecular weight is 583 g/mol. The van der Waals surface area contributed by atoms with E-state index in [1.807, 2.05) is 5.32 Å². The van der Waals surface area contributed by atoms with Crippen molar-refractivity contribution < 1.29 is 45.1 Å². The van der Waals surface area contributed by atoms with Gasteiger partial charge in [0.05, 0.1) is 16.8 Å². The number of nitrogens with one attached hydrogen (secondary N) is 3. The highest BCUT2D eigenvalue weighted by Gasteiger charge is 2.33. The maximum atomic E-state index is 14.0. The first-order chi connectivity index (χ1) is 19.2. The zero-order chi connectivity index (χ0) is 30.1. The van der Waals surface area contributed by atoms with Crippen LogP contribution in [0.4, 0.5) is 52.7 Å². The van der Waals surface area contributed by atoms with Gasteiger partial charge in [0, 0.05) is 11.3 Å². The van der Waals surface area contributed by atoms with Crippen molar-refractivity contribution in [2.45, 2.75) is 12.4 Å². The number of anilines is 3. The van der Waals surface area contributed by atoms with Crippen LogP contribution in [0.15, 0.2) is 48.8 Å². The summed E-state index contributed by atoms with van der Waals surface area (Å²) in [4.78, 5) is 40.8. The monoisotopic (exact) mass is 583 g/mol. The number of benzene rings is 2. The van der Waals surface area contributed by atoms with Gasteiger partial charge >= 0.3 is 18.4 Å². The zero-order valence-electron chi connectivity index (χ0n) is 20.2. The normalized spacial score (nSPS) is 11.8. The minimum absolute atomic E-state index is 0.0463. The molecule has 2 heterocycles. The van der Waals surface area contributed by atoms with Crippen molar-refractivity contribution in [3.05, 3.63) is 71.4 Å². The summed E-state index contributed by atoms with van der Waals surface area (Å²) in [6, 6.07) is 5.50. The number of halogens is 7. The third-order valence-electron chi connectivity index (χ3n) is 5.55. The Morgan fingerprint density at radius 2 is 1.68 bits per heavy atom. The first kappa shape index (κ1) is 28.8. The second kappa shape index (κ2) is 10.7. The van der Waals surface area contributed by atoms with E-state index in [9.17, 15) is 45.1 Å². The van der Waals surface area contributed by atoms with Gasteiger partial charge in [0.25, 0.3) is 5.91 Å². The molecule has 214 valence electrons. The number of nitrogens with two attached hydrogens (primary N) is 1. The molecule has 3 amide bonds. The predicted molar refractivity (Wildman–Crippen MR) is 131 cm³/mol. The Balaban J connectivity index is 1.66. The molecule has 0 atom stereocenters. The van der Waals surface area contributed by atoms with Crippen LogP contribution < -0.4 is 21.7 Å². The summed E-state index contributed by atoms with van der Waals surface area (Å²) in [6.45, 7) is -1.69. The predicted octanol–water partition coefficient (Wildman–Crippen LogP) is 4.89. The molecule has 4 rings (SSSR count). The lowest BCUT2D eigenvalue weighted by atomic mass is 10.00. The largest absolute Gasteiger partial charge is 0.416 e. The number of hydrogen-bond acceptors (Lipinski definition) is 6. The maximum Gasteiger partial charge on any atom is 0.416 e. The first-order valence-corrected chi connectivity index (χ1v) is 11.2. The van der Waals surface area contributed by atoms with Crippen molar-refractivity contribution >= 4 is 40.9 Å². The smallest absolute Gasteiger partial charge is 0.382 e. The molecule has 0 bridgehead atoms. The molecule has 0 unspecified atom stereocenters. The Hall–Kier alpha value is -5.22. The molecule has 0 radical (unpaired) electrons. The summed E-state index contributed by atoms with van der Waals surface area (Å²) in [5, 5.41) is 9.80. The molecule has 0 spiro atoms. The topological polar surface area (TPSA) is 144 Å². The number of nitrogens with zero attached hydrogens (tertiary/aromatic N) is 3. The van der Waals surface area contributed by atoms with E-state index in [1.54, 1.807) is 5.32 Å². The Labute approximate surface area is 224 Å². The van der Waals surface area contributed by atoms with Crippen molar-refractivity contribution in [2.24, 2.45) is 0 Å². The number of carbonyl (C=O) groups excluding carboxylic acids is 3. The summed E-state index contributed by atoms with van der Waals surface area (Å²) in [6.07, 6.45) is -8.35. The van der Waals surface area contributed by atoms with Gasteiger partial charge in [-0.05, 0) is 35.9 Å². The second-order valence-corrected chi connectivity index (χ2v) is 8.31. The summed E-state index contributed by atoms with van der Waals surface area (Å²) in [5.74, 6) is -2.59. The summed E-state index contributed by atoms with van der Waals surface area (Å²) in [5.41, 5.74) is 3.15. The van der Waals surface area contributed by atoms with Crippen LogP contribution in [-0.4, -0.2) is 45.5 Å². The van der Waals surface area contributed by atoms with Gasteiger partial charge in [0.1, 0.15) is 29.9 Å². The molecule has 41 heavy (non-hydrogen) atoms. The fourth-order valence-corrected chi connectivity index (χ4v) is 3.83. The highest BCUT2D eigenvalue weighted by atomic mass is 19.4. The number of amides is 3. The molecule has 0 aliphatic carbocycles. The average Bonchev–Trinajstić information content (AvgIpc) is 3.23. The van der Waals surface area contributed by atoms with Crippen LogP contribution in [0.1, 0.15) is 26.4 Å². The number of aromatic nitrogens is 3. The van der Waals surface area contributed by atoms with Gasteiger partial charge < -0.3 is 21.7 Å². The molecular formula is C24H16F7N7O3. The van der Waals surface area contributed by atoms with Crippen LogP contribution in [0.2, 0.25) is 0 Å². The Kier molecular flexibility index (Phi) is 7.54. The standard InChI is InChI=1S/C24H16F7N7O3/c25-14-6-3-12(24(29,30)31)7-15(14)37-22(41)36-13-4-1-11(2-5-13)17-18(21(40)33-9-23(26,27)28)16(8-39)38-19(17)20(32)34-10-35-38/h1-8,10H,9H2,(H,33,40)(H2,32,34,35)(H2,36,37,41). The number of carbonyl (C=O) groups is 3. The van der Waals surface area contributed by atoms with Crippen molar-refractivity contribution in [1.29, 1.82) is 0 Å². The summed E-state index contributed by atoms with van der Waals surface area (Å²) >= 11 is 0. The Bertz CT molecular complexity index is 1650. The van der Waals surface area contributed by atoms with E-state index >= 15 is 0 Å². The molecule has 0 aliphatic rings. The minimum atomic E-state index is -4.78. The van der Waals surface area contributed by atoms with Crippen molar-refractivity contribution in [2.75, 3.05) is 22.9 Å². The lowest BCUT2D eigenvalue weighted by Gasteiger charge is -2.12. The van der Waals surface area contributed by atoms with E-state index in [0.717, 1.165) is 10.8 Å². The molecule has 0 fully saturated rings. The van der Waals surface area contributed by atoms with Gasteiger partial charge in [0.15, 0.2) is 12.1 Å². The van der Waals surface area contributed by atoms with Crippen LogP contribution in [-0.2, 0) is 6.18 Å². The van der Waals surface area contributed by atoms with Crippen molar-refractivity contribution in [3.63, 3.8) is 0 Å². The SMILES string of the molecule is Nc1ncnn2c(C=O)c(C(=O)NCC(F)(F)F)c(-c3ccc(NC(=O)Nc4cc(C(F)(F)F)ccc4F)cc3)c12. The molecule has 5 N–H and O–H groups in total. The van der Waals surface area contributed by atoms with Gasteiger partial charge in [-0.1, -0.05) is 12.1 Å². The molecule has 0 saturated heterocycles. The van der Waals surface area contributed by atoms with E-state index in [4.69, 9.17) is 5.73 Å². The van der Waals surface area contributed by atoms with Gasteiger partial charge in [-0.15, -0.1) is 0 Å². The Morgan fingerprint density at radius 1 is 1.00 bits per heavy atom. The number of urea groups is 1. The van der Waals surface area contributed by atoms with Crippen LogP contribution in [0, 0.1) is 5.82 Å². The highest BCUT2D eigenvalue weighted by Crippen LogP contribution is 2.36. The molecular weight excluding hydrogens is 567 g/mol. The number of nitrogen functional groups attached to an aromatic ring is 1. The van der Waals surface area contributed by atoms with Gasteiger partial charge in [-0.2, -0.15) is 31.4 Å². The summed E-state index contributed by atoms with van der Waals surface area (Å²) in [7, 11) is 0. The number of hydrogen-bond donors (Lipinski definition) is 4. The highest BCUT2D eigenvalue weighted by molar-refractivity contribution is 6.12. The third-order valence-corrected chi connectivity index (χ3v) is 5.55. The van der Waals surface area contributed by atoms with Gasteiger partial charge in [-0.3, -0.25) is 9.59 Å². The quantitative estimate of drug-likeness (QED) is 0.188. The molecule has 4 aromatic rings. The number of rotatable bonds is 6. The second-order valence-electron chi connectivity index (χ2n) is 8.31.